The highest BCUT2D eigenvalue weighted by atomic mass is 19.1. The van der Waals surface area contributed by atoms with E-state index in [-0.39, 0.29) is 24.0 Å². The van der Waals surface area contributed by atoms with Crippen LogP contribution < -0.4 is 14.8 Å². The van der Waals surface area contributed by atoms with Gasteiger partial charge in [-0.3, -0.25) is 4.79 Å². The molecule has 0 bridgehead atoms. The van der Waals surface area contributed by atoms with Gasteiger partial charge in [0, 0.05) is 30.2 Å². The van der Waals surface area contributed by atoms with E-state index in [0.29, 0.717) is 48.3 Å². The number of aromatic nitrogens is 2. The number of nitrogens with zero attached hydrogens (tertiary/aromatic N) is 2. The van der Waals surface area contributed by atoms with Crippen LogP contribution >= 0.6 is 0 Å². The van der Waals surface area contributed by atoms with Crippen molar-refractivity contribution in [2.75, 3.05) is 18.5 Å². The lowest BCUT2D eigenvalue weighted by atomic mass is 10.2. The molecule has 1 aliphatic heterocycles. The number of hydrogen-bond donors (Lipinski definition) is 1. The molecule has 2 aromatic carbocycles. The van der Waals surface area contributed by atoms with Gasteiger partial charge in [-0.05, 0) is 36.4 Å². The summed E-state index contributed by atoms with van der Waals surface area (Å²) in [5.74, 6) is 1.38. The van der Waals surface area contributed by atoms with Crippen molar-refractivity contribution >= 4 is 11.6 Å². The fourth-order valence-electron chi connectivity index (χ4n) is 2.63. The van der Waals surface area contributed by atoms with Crippen molar-refractivity contribution in [3.8, 4) is 23.0 Å². The minimum absolute atomic E-state index is 0.180. The predicted octanol–water partition coefficient (Wildman–Crippen LogP) is 3.22. The van der Waals surface area contributed by atoms with E-state index < -0.39 is 0 Å². The molecular weight excluding hydrogens is 353 g/mol. The molecule has 8 heteroatoms. The van der Waals surface area contributed by atoms with Crippen molar-refractivity contribution < 1.29 is 23.1 Å². The lowest BCUT2D eigenvalue weighted by Gasteiger charge is -2.18. The highest BCUT2D eigenvalue weighted by Crippen LogP contribution is 2.32. The number of fused-ring (bicyclic) bond motifs is 1. The molecule has 0 fully saturated rings. The van der Waals surface area contributed by atoms with Crippen LogP contribution in [0.1, 0.15) is 12.3 Å². The number of halogens is 1. The van der Waals surface area contributed by atoms with Crippen molar-refractivity contribution in [3.05, 3.63) is 54.2 Å². The smallest absolute Gasteiger partial charge is 0.247 e. The molecule has 2 heterocycles. The minimum Gasteiger partial charge on any atom is -0.486 e. The Bertz CT molecular complexity index is 956. The molecule has 0 spiro atoms. The lowest BCUT2D eigenvalue weighted by molar-refractivity contribution is -0.116. The van der Waals surface area contributed by atoms with Gasteiger partial charge in [-0.2, -0.15) is 0 Å². The van der Waals surface area contributed by atoms with Gasteiger partial charge in [0.1, 0.15) is 19.0 Å². The number of ether oxygens (including phenoxy) is 2. The normalized spacial score (nSPS) is 12.6. The van der Waals surface area contributed by atoms with Gasteiger partial charge in [-0.15, -0.1) is 10.2 Å². The van der Waals surface area contributed by atoms with Crippen molar-refractivity contribution in [1.82, 2.24) is 10.2 Å². The molecule has 1 aromatic heterocycles. The number of amides is 1. The number of benzene rings is 2. The molecule has 0 atom stereocenters. The van der Waals surface area contributed by atoms with E-state index in [2.05, 4.69) is 15.5 Å². The Morgan fingerprint density at radius 2 is 1.81 bits per heavy atom. The topological polar surface area (TPSA) is 86.5 Å². The number of anilines is 1. The summed E-state index contributed by atoms with van der Waals surface area (Å²) in [5, 5.41) is 10.7. The van der Waals surface area contributed by atoms with E-state index in [4.69, 9.17) is 13.9 Å². The molecule has 0 saturated carbocycles. The van der Waals surface area contributed by atoms with Gasteiger partial charge in [0.15, 0.2) is 11.5 Å². The summed E-state index contributed by atoms with van der Waals surface area (Å²) < 4.78 is 29.4. The number of rotatable bonds is 5. The maximum atomic E-state index is 13.0. The summed E-state index contributed by atoms with van der Waals surface area (Å²) in [7, 11) is 0. The number of aryl methyl sites for hydroxylation is 1. The Morgan fingerprint density at radius 3 is 2.63 bits per heavy atom. The van der Waals surface area contributed by atoms with E-state index in [9.17, 15) is 9.18 Å². The second-order valence-electron chi connectivity index (χ2n) is 5.91. The van der Waals surface area contributed by atoms with Crippen molar-refractivity contribution in [2.24, 2.45) is 0 Å². The van der Waals surface area contributed by atoms with Gasteiger partial charge in [0.25, 0.3) is 0 Å². The summed E-state index contributed by atoms with van der Waals surface area (Å²) >= 11 is 0. The molecule has 27 heavy (non-hydrogen) atoms. The highest BCUT2D eigenvalue weighted by Gasteiger charge is 2.14. The third kappa shape index (κ3) is 4.05. The van der Waals surface area contributed by atoms with Crippen molar-refractivity contribution in [2.45, 2.75) is 12.8 Å². The average molecular weight is 369 g/mol. The standard InChI is InChI=1S/C19H16FN3O4/c20-13-3-1-12(2-4-13)19-23-22-18(27-19)8-7-17(24)21-14-5-6-15-16(11-14)26-10-9-25-15/h1-6,11H,7-10H2,(H,21,24). The maximum Gasteiger partial charge on any atom is 0.247 e. The van der Waals surface area contributed by atoms with E-state index in [0.717, 1.165) is 0 Å². The number of hydrogen-bond acceptors (Lipinski definition) is 6. The summed E-state index contributed by atoms with van der Waals surface area (Å²) in [5.41, 5.74) is 1.25. The first-order valence-electron chi connectivity index (χ1n) is 8.45. The van der Waals surface area contributed by atoms with E-state index in [1.807, 2.05) is 0 Å². The fourth-order valence-corrected chi connectivity index (χ4v) is 2.63. The largest absolute Gasteiger partial charge is 0.486 e. The molecule has 1 aliphatic rings. The molecule has 138 valence electrons. The van der Waals surface area contributed by atoms with E-state index in [1.54, 1.807) is 30.3 Å². The summed E-state index contributed by atoms with van der Waals surface area (Å²) in [6.45, 7) is 1.00. The Balaban J connectivity index is 1.34. The van der Waals surface area contributed by atoms with Crippen LogP contribution in [0, 0.1) is 5.82 Å². The van der Waals surface area contributed by atoms with Gasteiger partial charge < -0.3 is 19.2 Å². The Hall–Kier alpha value is -3.42. The summed E-state index contributed by atoms with van der Waals surface area (Å²) in [6, 6.07) is 11.0. The van der Waals surface area contributed by atoms with Crippen LogP contribution in [0.15, 0.2) is 46.9 Å². The fraction of sp³-hybridized carbons (Fsp3) is 0.211. The summed E-state index contributed by atoms with van der Waals surface area (Å²) in [4.78, 5) is 12.2. The second kappa shape index (κ2) is 7.45. The van der Waals surface area contributed by atoms with Gasteiger partial charge in [-0.25, -0.2) is 4.39 Å². The third-order valence-electron chi connectivity index (χ3n) is 3.95. The van der Waals surface area contributed by atoms with Gasteiger partial charge >= 0.3 is 0 Å². The van der Waals surface area contributed by atoms with Crippen LogP contribution in [0.2, 0.25) is 0 Å². The van der Waals surface area contributed by atoms with Crippen LogP contribution in [-0.2, 0) is 11.2 Å². The Labute approximate surface area is 154 Å². The molecule has 7 nitrogen and oxygen atoms in total. The monoisotopic (exact) mass is 369 g/mol. The van der Waals surface area contributed by atoms with Crippen LogP contribution in [0.25, 0.3) is 11.5 Å². The quantitative estimate of drug-likeness (QED) is 0.743. The molecule has 3 aromatic rings. The molecular formula is C19H16FN3O4. The first-order valence-corrected chi connectivity index (χ1v) is 8.45. The number of carbonyl (C=O) groups excluding carboxylic acids is 1. The predicted molar refractivity (Wildman–Crippen MR) is 94.1 cm³/mol. The van der Waals surface area contributed by atoms with Crippen LogP contribution in [0.4, 0.5) is 10.1 Å². The number of nitrogens with one attached hydrogen (secondary N) is 1. The van der Waals surface area contributed by atoms with Crippen molar-refractivity contribution in [3.63, 3.8) is 0 Å². The van der Waals surface area contributed by atoms with Crippen molar-refractivity contribution in [1.29, 1.82) is 0 Å². The SMILES string of the molecule is O=C(CCc1nnc(-c2ccc(F)cc2)o1)Nc1ccc2c(c1)OCCO2. The van der Waals surface area contributed by atoms with E-state index >= 15 is 0 Å². The zero-order chi connectivity index (χ0) is 18.6. The highest BCUT2D eigenvalue weighted by molar-refractivity contribution is 5.91. The Kier molecular flexibility index (Phi) is 4.69. The molecule has 0 unspecified atom stereocenters. The van der Waals surface area contributed by atoms with Gasteiger partial charge in [0.05, 0.1) is 0 Å². The Morgan fingerprint density at radius 1 is 1.04 bits per heavy atom. The minimum atomic E-state index is -0.339. The first-order chi connectivity index (χ1) is 13.2. The van der Waals surface area contributed by atoms with Crippen LogP contribution in [0.5, 0.6) is 11.5 Å². The van der Waals surface area contributed by atoms with Crippen LogP contribution in [0.3, 0.4) is 0 Å². The van der Waals surface area contributed by atoms with Crippen LogP contribution in [-0.4, -0.2) is 29.3 Å². The first kappa shape index (κ1) is 17.0. The molecule has 0 radical (unpaired) electrons. The van der Waals surface area contributed by atoms with E-state index in [1.165, 1.54) is 12.1 Å². The molecule has 1 amide bonds. The van der Waals surface area contributed by atoms with Gasteiger partial charge in [-0.1, -0.05) is 0 Å². The van der Waals surface area contributed by atoms with Gasteiger partial charge in [0.2, 0.25) is 17.7 Å². The number of carbonyl (C=O) groups is 1. The molecule has 4 rings (SSSR count). The summed E-state index contributed by atoms with van der Waals surface area (Å²) in [6.07, 6.45) is 0.476. The molecule has 0 aliphatic carbocycles. The molecule has 0 saturated heterocycles. The zero-order valence-electron chi connectivity index (χ0n) is 14.3. The lowest BCUT2D eigenvalue weighted by Crippen LogP contribution is -2.16. The third-order valence-corrected chi connectivity index (χ3v) is 3.95. The average Bonchev–Trinajstić information content (AvgIpc) is 3.16. The molecule has 1 N–H and O–H groups in total. The maximum absolute atomic E-state index is 13.0. The zero-order valence-corrected chi connectivity index (χ0v) is 14.3. The second-order valence-corrected chi connectivity index (χ2v) is 5.91.